The standard InChI is InChI=1S/C9H12BrClN2/c1-6(2-3-12)7-4-9(11)13-5-8(7)10/h4-6H,2-3,12H2,1H3. The zero-order valence-corrected chi connectivity index (χ0v) is 9.77. The quantitative estimate of drug-likeness (QED) is 0.852. The third-order valence-electron chi connectivity index (χ3n) is 1.98. The van der Waals surface area contributed by atoms with Gasteiger partial charge in [0.2, 0.25) is 0 Å². The molecule has 1 aromatic rings. The van der Waals surface area contributed by atoms with Gasteiger partial charge in [0.15, 0.2) is 0 Å². The molecule has 0 aromatic carbocycles. The monoisotopic (exact) mass is 262 g/mol. The van der Waals surface area contributed by atoms with Gasteiger partial charge in [-0.1, -0.05) is 18.5 Å². The lowest BCUT2D eigenvalue weighted by Crippen LogP contribution is -2.05. The van der Waals surface area contributed by atoms with Crippen molar-refractivity contribution in [3.05, 3.63) is 27.5 Å². The van der Waals surface area contributed by atoms with E-state index < -0.39 is 0 Å². The first-order valence-corrected chi connectivity index (χ1v) is 5.33. The first kappa shape index (κ1) is 11.0. The molecule has 0 aliphatic heterocycles. The Balaban J connectivity index is 2.91. The van der Waals surface area contributed by atoms with Crippen molar-refractivity contribution in [2.24, 2.45) is 5.73 Å². The third kappa shape index (κ3) is 2.93. The minimum atomic E-state index is 0.417. The van der Waals surface area contributed by atoms with E-state index >= 15 is 0 Å². The Bertz CT molecular complexity index is 291. The summed E-state index contributed by atoms with van der Waals surface area (Å²) in [5, 5.41) is 0.530. The average Bonchev–Trinajstić information content (AvgIpc) is 2.09. The van der Waals surface area contributed by atoms with E-state index in [9.17, 15) is 0 Å². The van der Waals surface area contributed by atoms with E-state index in [4.69, 9.17) is 17.3 Å². The number of hydrogen-bond acceptors (Lipinski definition) is 2. The Morgan fingerprint density at radius 1 is 1.69 bits per heavy atom. The van der Waals surface area contributed by atoms with Crippen molar-refractivity contribution in [1.29, 1.82) is 0 Å². The van der Waals surface area contributed by atoms with Crippen molar-refractivity contribution >= 4 is 27.5 Å². The minimum absolute atomic E-state index is 0.417. The zero-order chi connectivity index (χ0) is 9.84. The van der Waals surface area contributed by atoms with Crippen molar-refractivity contribution in [3.8, 4) is 0 Å². The van der Waals surface area contributed by atoms with Crippen LogP contribution in [0.2, 0.25) is 5.15 Å². The van der Waals surface area contributed by atoms with E-state index in [-0.39, 0.29) is 0 Å². The van der Waals surface area contributed by atoms with E-state index in [1.54, 1.807) is 6.20 Å². The molecule has 0 saturated carbocycles. The molecule has 0 saturated heterocycles. The molecule has 1 aromatic heterocycles. The Hall–Kier alpha value is -0.120. The van der Waals surface area contributed by atoms with Crippen molar-refractivity contribution < 1.29 is 0 Å². The molecule has 0 spiro atoms. The number of nitrogens with two attached hydrogens (primary N) is 1. The Morgan fingerprint density at radius 2 is 2.38 bits per heavy atom. The summed E-state index contributed by atoms with van der Waals surface area (Å²) in [7, 11) is 0. The van der Waals surface area contributed by atoms with E-state index in [0.717, 1.165) is 10.9 Å². The summed E-state index contributed by atoms with van der Waals surface area (Å²) < 4.78 is 0.998. The molecule has 0 amide bonds. The summed E-state index contributed by atoms with van der Waals surface area (Å²) in [6, 6.07) is 1.88. The van der Waals surface area contributed by atoms with Crippen molar-refractivity contribution in [2.45, 2.75) is 19.3 Å². The summed E-state index contributed by atoms with van der Waals surface area (Å²) in [6.45, 7) is 2.82. The molecule has 1 rings (SSSR count). The molecule has 2 nitrogen and oxygen atoms in total. The summed E-state index contributed by atoms with van der Waals surface area (Å²) in [4.78, 5) is 3.97. The van der Waals surface area contributed by atoms with Crippen LogP contribution in [-0.4, -0.2) is 11.5 Å². The van der Waals surface area contributed by atoms with E-state index in [2.05, 4.69) is 27.8 Å². The first-order chi connectivity index (χ1) is 6.15. The van der Waals surface area contributed by atoms with E-state index in [1.165, 1.54) is 5.56 Å². The second-order valence-corrected chi connectivity index (χ2v) is 4.25. The van der Waals surface area contributed by atoms with Crippen molar-refractivity contribution in [1.82, 2.24) is 4.98 Å². The minimum Gasteiger partial charge on any atom is -0.330 e. The van der Waals surface area contributed by atoms with Crippen LogP contribution in [0.1, 0.15) is 24.8 Å². The van der Waals surface area contributed by atoms with Crippen molar-refractivity contribution in [2.75, 3.05) is 6.54 Å². The highest BCUT2D eigenvalue weighted by atomic mass is 79.9. The van der Waals surface area contributed by atoms with Crippen LogP contribution in [0, 0.1) is 0 Å². The maximum Gasteiger partial charge on any atom is 0.129 e. The second-order valence-electron chi connectivity index (χ2n) is 3.01. The average molecular weight is 264 g/mol. The predicted molar refractivity (Wildman–Crippen MR) is 59.0 cm³/mol. The molecule has 0 fully saturated rings. The molecule has 2 N–H and O–H groups in total. The van der Waals surface area contributed by atoms with Gasteiger partial charge in [-0.15, -0.1) is 0 Å². The Kier molecular flexibility index (Phi) is 4.16. The van der Waals surface area contributed by atoms with Crippen LogP contribution in [-0.2, 0) is 0 Å². The molecule has 72 valence electrons. The van der Waals surface area contributed by atoms with Gasteiger partial charge >= 0.3 is 0 Å². The zero-order valence-electron chi connectivity index (χ0n) is 7.43. The molecule has 1 unspecified atom stereocenters. The van der Waals surface area contributed by atoms with Gasteiger partial charge in [0.05, 0.1) is 0 Å². The van der Waals surface area contributed by atoms with Crippen LogP contribution in [0.15, 0.2) is 16.7 Å². The van der Waals surface area contributed by atoms with Gasteiger partial charge in [0.25, 0.3) is 0 Å². The smallest absolute Gasteiger partial charge is 0.129 e. The lowest BCUT2D eigenvalue weighted by molar-refractivity contribution is 0.686. The lowest BCUT2D eigenvalue weighted by Gasteiger charge is -2.12. The molecular weight excluding hydrogens is 251 g/mol. The second kappa shape index (κ2) is 4.94. The van der Waals surface area contributed by atoms with Gasteiger partial charge < -0.3 is 5.73 Å². The maximum absolute atomic E-state index is 5.80. The number of hydrogen-bond donors (Lipinski definition) is 1. The van der Waals surface area contributed by atoms with Gasteiger partial charge in [-0.05, 0) is 46.4 Å². The lowest BCUT2D eigenvalue weighted by atomic mass is 9.99. The fourth-order valence-corrected chi connectivity index (χ4v) is 1.98. The fraction of sp³-hybridized carbons (Fsp3) is 0.444. The van der Waals surface area contributed by atoms with E-state index in [1.807, 2.05) is 6.07 Å². The van der Waals surface area contributed by atoms with Crippen LogP contribution in [0.3, 0.4) is 0 Å². The highest BCUT2D eigenvalue weighted by Crippen LogP contribution is 2.27. The molecule has 4 heteroatoms. The Morgan fingerprint density at radius 3 is 3.00 bits per heavy atom. The first-order valence-electron chi connectivity index (χ1n) is 4.16. The topological polar surface area (TPSA) is 38.9 Å². The normalized spacial score (nSPS) is 12.9. The summed E-state index contributed by atoms with van der Waals surface area (Å²) in [5.74, 6) is 0.417. The van der Waals surface area contributed by atoms with Crippen molar-refractivity contribution in [3.63, 3.8) is 0 Å². The number of rotatable bonds is 3. The summed E-state index contributed by atoms with van der Waals surface area (Å²) >= 11 is 9.24. The summed E-state index contributed by atoms with van der Waals surface area (Å²) in [5.41, 5.74) is 6.66. The van der Waals surface area contributed by atoms with Gasteiger partial charge in [-0.3, -0.25) is 0 Å². The van der Waals surface area contributed by atoms with Gasteiger partial charge in [0, 0.05) is 10.7 Å². The number of halogens is 2. The highest BCUT2D eigenvalue weighted by Gasteiger charge is 2.09. The molecule has 0 radical (unpaired) electrons. The molecule has 1 atom stereocenters. The molecular formula is C9H12BrClN2. The number of aromatic nitrogens is 1. The van der Waals surface area contributed by atoms with Gasteiger partial charge in [-0.2, -0.15) is 0 Å². The largest absolute Gasteiger partial charge is 0.330 e. The van der Waals surface area contributed by atoms with Crippen LogP contribution in [0.25, 0.3) is 0 Å². The molecule has 0 aliphatic rings. The predicted octanol–water partition coefficient (Wildman–Crippen LogP) is 2.95. The molecule has 0 aliphatic carbocycles. The van der Waals surface area contributed by atoms with Crippen LogP contribution in [0.5, 0.6) is 0 Å². The van der Waals surface area contributed by atoms with Crippen LogP contribution >= 0.6 is 27.5 Å². The summed E-state index contributed by atoms with van der Waals surface area (Å²) in [6.07, 6.45) is 2.68. The fourth-order valence-electron chi connectivity index (χ4n) is 1.21. The number of nitrogens with zero attached hydrogens (tertiary/aromatic N) is 1. The molecule has 1 heterocycles. The van der Waals surface area contributed by atoms with Crippen LogP contribution < -0.4 is 5.73 Å². The van der Waals surface area contributed by atoms with Gasteiger partial charge in [-0.25, -0.2) is 4.98 Å². The van der Waals surface area contributed by atoms with Crippen LogP contribution in [0.4, 0.5) is 0 Å². The van der Waals surface area contributed by atoms with E-state index in [0.29, 0.717) is 17.6 Å². The SMILES string of the molecule is CC(CCN)c1cc(Cl)ncc1Br. The number of pyridine rings is 1. The highest BCUT2D eigenvalue weighted by molar-refractivity contribution is 9.10. The molecule has 0 bridgehead atoms. The maximum atomic E-state index is 5.80. The Labute approximate surface area is 91.6 Å². The molecule has 13 heavy (non-hydrogen) atoms. The third-order valence-corrected chi connectivity index (χ3v) is 2.85. The van der Waals surface area contributed by atoms with Gasteiger partial charge in [0.1, 0.15) is 5.15 Å².